The molecule has 1 heterocycles. The van der Waals surface area contributed by atoms with Crippen molar-refractivity contribution in [2.45, 2.75) is 4.90 Å². The van der Waals surface area contributed by atoms with Crippen LogP contribution in [0.5, 0.6) is 0 Å². The van der Waals surface area contributed by atoms with E-state index in [-0.39, 0.29) is 10.6 Å². The van der Waals surface area contributed by atoms with E-state index >= 15 is 0 Å². The summed E-state index contributed by atoms with van der Waals surface area (Å²) in [7, 11) is -3.20. The van der Waals surface area contributed by atoms with Crippen molar-refractivity contribution >= 4 is 56.1 Å². The third-order valence-corrected chi connectivity index (χ3v) is 6.45. The van der Waals surface area contributed by atoms with E-state index in [4.69, 9.17) is 28.9 Å². The number of benzene rings is 2. The molecule has 1 saturated heterocycles. The summed E-state index contributed by atoms with van der Waals surface area (Å²) >= 11 is 11.5. The minimum Gasteiger partial charge on any atom is -0.478 e. The zero-order valence-electron chi connectivity index (χ0n) is 15.6. The van der Waals surface area contributed by atoms with Gasteiger partial charge in [-0.3, -0.25) is 0 Å². The first kappa shape index (κ1) is 21.4. The number of nitrogens with zero attached hydrogens (tertiary/aromatic N) is 2. The molecule has 154 valence electrons. The summed E-state index contributed by atoms with van der Waals surface area (Å²) in [5, 5.41) is 12.8. The predicted molar refractivity (Wildman–Crippen MR) is 118 cm³/mol. The lowest BCUT2D eigenvalue weighted by Crippen LogP contribution is -2.50. The fourth-order valence-electron chi connectivity index (χ4n) is 3.04. The summed E-state index contributed by atoms with van der Waals surface area (Å²) in [5.41, 5.74) is 1.63. The SMILES string of the molecule is CS(=O)(=O)c1ccc(N2CCN(C(=S)Nc3ccc(C(=O)O)c(Cl)c3)CC2)cc1. The van der Waals surface area contributed by atoms with Gasteiger partial charge >= 0.3 is 5.97 Å². The number of carbonyl (C=O) groups is 1. The minimum absolute atomic E-state index is 0.0404. The van der Waals surface area contributed by atoms with Gasteiger partial charge < -0.3 is 20.2 Å². The average molecular weight is 454 g/mol. The molecule has 0 bridgehead atoms. The van der Waals surface area contributed by atoms with Crippen LogP contribution in [0.25, 0.3) is 0 Å². The molecule has 1 aliphatic heterocycles. The number of thiocarbonyl (C=S) groups is 1. The number of rotatable bonds is 4. The van der Waals surface area contributed by atoms with Crippen LogP contribution < -0.4 is 10.2 Å². The first-order valence-corrected chi connectivity index (χ1v) is 11.5. The van der Waals surface area contributed by atoms with Crippen LogP contribution in [0.1, 0.15) is 10.4 Å². The van der Waals surface area contributed by atoms with Gasteiger partial charge in [0.25, 0.3) is 0 Å². The minimum atomic E-state index is -3.20. The van der Waals surface area contributed by atoms with Crippen LogP contribution in [0.15, 0.2) is 47.4 Å². The van der Waals surface area contributed by atoms with Crippen LogP contribution in [0.2, 0.25) is 5.02 Å². The molecule has 3 rings (SSSR count). The van der Waals surface area contributed by atoms with Crippen LogP contribution in [0.4, 0.5) is 11.4 Å². The van der Waals surface area contributed by atoms with E-state index in [1.54, 1.807) is 18.2 Å². The van der Waals surface area contributed by atoms with Gasteiger partial charge in [0.1, 0.15) is 0 Å². The second-order valence-corrected chi connectivity index (χ2v) is 9.48. The number of sulfone groups is 1. The molecule has 0 spiro atoms. The van der Waals surface area contributed by atoms with Gasteiger partial charge in [0.15, 0.2) is 14.9 Å². The van der Waals surface area contributed by atoms with Crippen LogP contribution in [-0.2, 0) is 9.84 Å². The molecule has 2 aromatic carbocycles. The molecule has 0 saturated carbocycles. The highest BCUT2D eigenvalue weighted by atomic mass is 35.5. The van der Waals surface area contributed by atoms with Gasteiger partial charge in [0.2, 0.25) is 0 Å². The molecule has 0 radical (unpaired) electrons. The van der Waals surface area contributed by atoms with Crippen molar-refractivity contribution in [2.75, 3.05) is 42.7 Å². The Kier molecular flexibility index (Phi) is 6.30. The van der Waals surface area contributed by atoms with Gasteiger partial charge in [-0.2, -0.15) is 0 Å². The number of hydrogen-bond donors (Lipinski definition) is 2. The zero-order chi connectivity index (χ0) is 21.2. The molecular formula is C19H20ClN3O4S2. The molecule has 1 aliphatic rings. The molecule has 29 heavy (non-hydrogen) atoms. The van der Waals surface area contributed by atoms with Crippen molar-refractivity contribution in [1.29, 1.82) is 0 Å². The normalized spacial score (nSPS) is 14.6. The lowest BCUT2D eigenvalue weighted by atomic mass is 10.2. The van der Waals surface area contributed by atoms with Gasteiger partial charge in [0.05, 0.1) is 15.5 Å². The average Bonchev–Trinajstić information content (AvgIpc) is 2.67. The van der Waals surface area contributed by atoms with Crippen molar-refractivity contribution in [3.05, 3.63) is 53.1 Å². The Morgan fingerprint density at radius 2 is 1.72 bits per heavy atom. The largest absolute Gasteiger partial charge is 0.478 e. The van der Waals surface area contributed by atoms with E-state index in [0.717, 1.165) is 18.8 Å². The lowest BCUT2D eigenvalue weighted by Gasteiger charge is -2.37. The standard InChI is InChI=1S/C19H20ClN3O4S2/c1-29(26,27)15-5-3-14(4-6-15)22-8-10-23(11-9-22)19(28)21-13-2-7-16(18(24)25)17(20)12-13/h2-7,12H,8-11H2,1H3,(H,21,28)(H,24,25). The van der Waals surface area contributed by atoms with Crippen molar-refractivity contribution in [1.82, 2.24) is 4.90 Å². The number of aromatic carboxylic acids is 1. The second kappa shape index (κ2) is 8.56. The summed E-state index contributed by atoms with van der Waals surface area (Å²) < 4.78 is 23.2. The smallest absolute Gasteiger partial charge is 0.337 e. The van der Waals surface area contributed by atoms with Crippen molar-refractivity contribution in [3.63, 3.8) is 0 Å². The van der Waals surface area contributed by atoms with E-state index in [0.29, 0.717) is 28.8 Å². The summed E-state index contributed by atoms with van der Waals surface area (Å²) in [5.74, 6) is -1.08. The maximum Gasteiger partial charge on any atom is 0.337 e. The summed E-state index contributed by atoms with van der Waals surface area (Å²) in [4.78, 5) is 15.5. The molecule has 10 heteroatoms. The number of carboxylic acids is 1. The molecule has 2 aromatic rings. The van der Waals surface area contributed by atoms with E-state index in [2.05, 4.69) is 10.2 Å². The third-order valence-electron chi connectivity index (χ3n) is 4.65. The van der Waals surface area contributed by atoms with Crippen molar-refractivity contribution < 1.29 is 18.3 Å². The van der Waals surface area contributed by atoms with Crippen LogP contribution in [0.3, 0.4) is 0 Å². The highest BCUT2D eigenvalue weighted by molar-refractivity contribution is 7.90. The zero-order valence-corrected chi connectivity index (χ0v) is 18.0. The van der Waals surface area contributed by atoms with Crippen LogP contribution in [0, 0.1) is 0 Å². The summed E-state index contributed by atoms with van der Waals surface area (Å²) in [6.45, 7) is 2.86. The maximum absolute atomic E-state index is 11.6. The number of hydrogen-bond acceptors (Lipinski definition) is 5. The molecule has 0 unspecified atom stereocenters. The molecule has 0 aliphatic carbocycles. The van der Waals surface area contributed by atoms with Gasteiger partial charge in [-0.15, -0.1) is 0 Å². The van der Waals surface area contributed by atoms with Crippen LogP contribution in [-0.4, -0.2) is 61.9 Å². The monoisotopic (exact) mass is 453 g/mol. The van der Waals surface area contributed by atoms with E-state index < -0.39 is 15.8 Å². The maximum atomic E-state index is 11.6. The van der Waals surface area contributed by atoms with Crippen molar-refractivity contribution in [2.24, 2.45) is 0 Å². The quantitative estimate of drug-likeness (QED) is 0.683. The highest BCUT2D eigenvalue weighted by Gasteiger charge is 2.20. The number of nitrogens with one attached hydrogen (secondary N) is 1. The Labute approximate surface area is 179 Å². The fraction of sp³-hybridized carbons (Fsp3) is 0.263. The van der Waals surface area contributed by atoms with Crippen molar-refractivity contribution in [3.8, 4) is 0 Å². The molecule has 2 N–H and O–H groups in total. The number of piperazine rings is 1. The van der Waals surface area contributed by atoms with Gasteiger partial charge in [0, 0.05) is 43.8 Å². The first-order chi connectivity index (χ1) is 13.6. The molecule has 0 aromatic heterocycles. The first-order valence-electron chi connectivity index (χ1n) is 8.79. The number of anilines is 2. The predicted octanol–water partition coefficient (Wildman–Crippen LogP) is 2.96. The molecular weight excluding hydrogens is 434 g/mol. The topological polar surface area (TPSA) is 90.0 Å². The molecule has 7 nitrogen and oxygen atoms in total. The summed E-state index contributed by atoms with van der Waals surface area (Å²) in [6, 6.07) is 11.5. The Morgan fingerprint density at radius 1 is 1.10 bits per heavy atom. The van der Waals surface area contributed by atoms with Gasteiger partial charge in [-0.25, -0.2) is 13.2 Å². The molecule has 1 fully saturated rings. The van der Waals surface area contributed by atoms with E-state index in [9.17, 15) is 13.2 Å². The summed E-state index contributed by atoms with van der Waals surface area (Å²) in [6.07, 6.45) is 1.19. The number of halogens is 1. The highest BCUT2D eigenvalue weighted by Crippen LogP contribution is 2.22. The van der Waals surface area contributed by atoms with Gasteiger partial charge in [-0.05, 0) is 54.7 Å². The van der Waals surface area contributed by atoms with Gasteiger partial charge in [-0.1, -0.05) is 11.6 Å². The lowest BCUT2D eigenvalue weighted by molar-refractivity contribution is 0.0697. The Morgan fingerprint density at radius 3 is 2.24 bits per heavy atom. The van der Waals surface area contributed by atoms with E-state index in [1.807, 2.05) is 17.0 Å². The Bertz CT molecular complexity index is 1030. The Balaban J connectivity index is 1.58. The fourth-order valence-corrected chi connectivity index (χ4v) is 4.23. The molecule has 0 amide bonds. The third kappa shape index (κ3) is 5.17. The Hall–Kier alpha value is -2.36. The number of carboxylic acid groups (broad SMARTS) is 1. The second-order valence-electron chi connectivity index (χ2n) is 6.67. The molecule has 0 atom stereocenters. The van der Waals surface area contributed by atoms with E-state index in [1.165, 1.54) is 18.4 Å². The van der Waals surface area contributed by atoms with Crippen LogP contribution >= 0.6 is 23.8 Å².